The molecule has 32 heavy (non-hydrogen) atoms. The van der Waals surface area contributed by atoms with Gasteiger partial charge in [-0.05, 0) is 53.4 Å². The summed E-state index contributed by atoms with van der Waals surface area (Å²) in [7, 11) is 0. The summed E-state index contributed by atoms with van der Waals surface area (Å²) in [6.45, 7) is 4.52. The second kappa shape index (κ2) is 9.16. The third kappa shape index (κ3) is 4.95. The monoisotopic (exact) mass is 552 g/mol. The first-order valence-electron chi connectivity index (χ1n) is 10.4. The maximum atomic E-state index is 13.4. The molecule has 0 radical (unpaired) electrons. The summed E-state index contributed by atoms with van der Waals surface area (Å²) in [5, 5.41) is 4.98. The summed E-state index contributed by atoms with van der Waals surface area (Å²) in [4.78, 5) is 17.0. The molecule has 2 aliphatic rings. The van der Waals surface area contributed by atoms with E-state index in [0.717, 1.165) is 18.4 Å². The van der Waals surface area contributed by atoms with Crippen LogP contribution in [0.2, 0.25) is 10.0 Å². The van der Waals surface area contributed by atoms with Crippen LogP contribution in [-0.2, 0) is 17.5 Å². The van der Waals surface area contributed by atoms with Crippen molar-refractivity contribution in [2.75, 3.05) is 26.2 Å². The number of halogens is 6. The molecule has 0 spiro atoms. The van der Waals surface area contributed by atoms with Gasteiger partial charge in [-0.3, -0.25) is 14.4 Å². The van der Waals surface area contributed by atoms with Gasteiger partial charge < -0.3 is 4.90 Å². The number of benzene rings is 1. The lowest BCUT2D eigenvalue weighted by Crippen LogP contribution is -2.50. The van der Waals surface area contributed by atoms with E-state index in [9.17, 15) is 18.0 Å². The van der Waals surface area contributed by atoms with Crippen LogP contribution in [0.4, 0.5) is 13.2 Å². The fourth-order valence-corrected chi connectivity index (χ4v) is 5.29. The molecule has 0 bridgehead atoms. The smallest absolute Gasteiger partial charge is 0.338 e. The van der Waals surface area contributed by atoms with Crippen molar-refractivity contribution in [1.82, 2.24) is 19.6 Å². The number of nitrogens with zero attached hydrogens (tertiary/aromatic N) is 4. The van der Waals surface area contributed by atoms with Gasteiger partial charge in [0.05, 0.1) is 10.2 Å². The van der Waals surface area contributed by atoms with E-state index in [2.05, 4.69) is 25.9 Å². The van der Waals surface area contributed by atoms with Crippen LogP contribution in [0.5, 0.6) is 0 Å². The van der Waals surface area contributed by atoms with Crippen molar-refractivity contribution in [3.05, 3.63) is 49.7 Å². The molecule has 4 rings (SSSR count). The number of rotatable bonds is 5. The van der Waals surface area contributed by atoms with Crippen molar-refractivity contribution in [1.29, 1.82) is 0 Å². The van der Waals surface area contributed by atoms with Crippen LogP contribution in [0.3, 0.4) is 0 Å². The number of aromatic nitrogens is 2. The van der Waals surface area contributed by atoms with Crippen LogP contribution in [0, 0.1) is 0 Å². The van der Waals surface area contributed by atoms with E-state index in [1.54, 1.807) is 24.0 Å². The van der Waals surface area contributed by atoms with Crippen LogP contribution in [0.15, 0.2) is 22.7 Å². The number of alkyl halides is 3. The first kappa shape index (κ1) is 23.9. The van der Waals surface area contributed by atoms with Crippen molar-refractivity contribution in [2.24, 2.45) is 0 Å². The molecule has 2 fully saturated rings. The molecule has 1 amide bonds. The van der Waals surface area contributed by atoms with Crippen LogP contribution in [0.1, 0.15) is 48.7 Å². The zero-order chi connectivity index (χ0) is 23.2. The Morgan fingerprint density at radius 1 is 1.22 bits per heavy atom. The lowest BCUT2D eigenvalue weighted by molar-refractivity contribution is -0.143. The van der Waals surface area contributed by atoms with Crippen molar-refractivity contribution in [3.8, 4) is 0 Å². The van der Waals surface area contributed by atoms with Crippen molar-refractivity contribution in [2.45, 2.75) is 44.4 Å². The number of amides is 1. The molecule has 2 heterocycles. The molecular weight excluding hydrogens is 532 g/mol. The average molecular weight is 554 g/mol. The van der Waals surface area contributed by atoms with Crippen LogP contribution in [-0.4, -0.2) is 51.7 Å². The molecule has 1 aromatic carbocycles. The summed E-state index contributed by atoms with van der Waals surface area (Å²) in [5.74, 6) is -0.219. The third-order valence-electron chi connectivity index (χ3n) is 5.94. The number of hydrogen-bond acceptors (Lipinski definition) is 3. The molecule has 1 atom stereocenters. The van der Waals surface area contributed by atoms with E-state index in [-0.39, 0.29) is 16.3 Å². The van der Waals surface area contributed by atoms with Gasteiger partial charge in [0.15, 0.2) is 5.69 Å². The van der Waals surface area contributed by atoms with Gasteiger partial charge in [-0.15, -0.1) is 0 Å². The summed E-state index contributed by atoms with van der Waals surface area (Å²) in [5.41, 5.74) is 0.456. The molecule has 1 unspecified atom stereocenters. The van der Waals surface area contributed by atoms with Gasteiger partial charge in [0.2, 0.25) is 5.91 Å². The molecule has 1 saturated heterocycles. The summed E-state index contributed by atoms with van der Waals surface area (Å²) in [6.07, 6.45) is -2.98. The third-order valence-corrected chi connectivity index (χ3v) is 7.31. The Bertz CT molecular complexity index is 1020. The predicted molar refractivity (Wildman–Crippen MR) is 120 cm³/mol. The highest BCUT2D eigenvalue weighted by molar-refractivity contribution is 9.10. The standard InChI is InChI=1S/C21H22BrCl2F3N4O/c1-12(31-18(13-2-3-13)17(22)19(28-31)21(25,26)27)20(32)30-8-6-29(7-9-30)11-14-4-5-15(23)10-16(14)24/h4-5,10,12-13H,2-3,6-9,11H2,1H3. The zero-order valence-electron chi connectivity index (χ0n) is 17.3. The summed E-state index contributed by atoms with van der Waals surface area (Å²) >= 11 is 15.3. The number of carbonyl (C=O) groups excluding carboxylic acids is 1. The molecule has 1 aliphatic carbocycles. The van der Waals surface area contributed by atoms with Gasteiger partial charge in [-0.25, -0.2) is 0 Å². The van der Waals surface area contributed by atoms with Gasteiger partial charge in [0, 0.05) is 48.7 Å². The first-order valence-corrected chi connectivity index (χ1v) is 11.9. The van der Waals surface area contributed by atoms with E-state index in [1.165, 1.54) is 4.68 Å². The molecule has 5 nitrogen and oxygen atoms in total. The van der Waals surface area contributed by atoms with Gasteiger partial charge >= 0.3 is 6.18 Å². The van der Waals surface area contributed by atoms with Crippen molar-refractivity contribution >= 4 is 45.0 Å². The lowest BCUT2D eigenvalue weighted by Gasteiger charge is -2.36. The Morgan fingerprint density at radius 3 is 2.44 bits per heavy atom. The Hall–Kier alpha value is -1.29. The molecule has 174 valence electrons. The molecular formula is C21H22BrCl2F3N4O. The number of piperazine rings is 1. The molecule has 0 N–H and O–H groups in total. The maximum Gasteiger partial charge on any atom is 0.436 e. The van der Waals surface area contributed by atoms with E-state index < -0.39 is 17.9 Å². The molecule has 1 aliphatic heterocycles. The molecule has 2 aromatic rings. The van der Waals surface area contributed by atoms with Crippen molar-refractivity contribution < 1.29 is 18.0 Å². The van der Waals surface area contributed by atoms with Crippen molar-refractivity contribution in [3.63, 3.8) is 0 Å². The number of carbonyl (C=O) groups is 1. The van der Waals surface area contributed by atoms with Gasteiger partial charge in [0.1, 0.15) is 6.04 Å². The summed E-state index contributed by atoms with van der Waals surface area (Å²) < 4.78 is 41.4. The van der Waals surface area contributed by atoms with E-state index >= 15 is 0 Å². The molecule has 11 heteroatoms. The predicted octanol–water partition coefficient (Wildman–Crippen LogP) is 5.75. The van der Waals surface area contributed by atoms with Gasteiger partial charge in [0.25, 0.3) is 0 Å². The normalized spacial score (nSPS) is 18.8. The highest BCUT2D eigenvalue weighted by atomic mass is 79.9. The second-order valence-electron chi connectivity index (χ2n) is 8.28. The minimum atomic E-state index is -4.58. The number of hydrogen-bond donors (Lipinski definition) is 0. The van der Waals surface area contributed by atoms with Crippen LogP contribution < -0.4 is 0 Å². The zero-order valence-corrected chi connectivity index (χ0v) is 20.4. The Balaban J connectivity index is 1.43. The van der Waals surface area contributed by atoms with Gasteiger partial charge in [-0.2, -0.15) is 18.3 Å². The Morgan fingerprint density at radius 2 is 1.88 bits per heavy atom. The highest BCUT2D eigenvalue weighted by Crippen LogP contribution is 2.47. The maximum absolute atomic E-state index is 13.4. The topological polar surface area (TPSA) is 41.4 Å². The van der Waals surface area contributed by atoms with E-state index in [1.807, 2.05) is 6.07 Å². The largest absolute Gasteiger partial charge is 0.436 e. The minimum absolute atomic E-state index is 0.00389. The van der Waals surface area contributed by atoms with Crippen LogP contribution >= 0.6 is 39.1 Å². The Labute approximate surface area is 202 Å². The average Bonchev–Trinajstić information content (AvgIpc) is 3.50. The lowest BCUT2D eigenvalue weighted by atomic mass is 10.1. The van der Waals surface area contributed by atoms with Crippen LogP contribution in [0.25, 0.3) is 0 Å². The minimum Gasteiger partial charge on any atom is -0.338 e. The second-order valence-corrected chi connectivity index (χ2v) is 9.91. The molecule has 1 saturated carbocycles. The molecule has 1 aromatic heterocycles. The highest BCUT2D eigenvalue weighted by Gasteiger charge is 2.43. The Kier molecular flexibility index (Phi) is 6.83. The van der Waals surface area contributed by atoms with E-state index in [4.69, 9.17) is 23.2 Å². The summed E-state index contributed by atoms with van der Waals surface area (Å²) in [6, 6.07) is 4.57. The van der Waals surface area contributed by atoms with E-state index in [0.29, 0.717) is 48.5 Å². The fraction of sp³-hybridized carbons (Fsp3) is 0.524. The first-order chi connectivity index (χ1) is 15.1. The quantitative estimate of drug-likeness (QED) is 0.473. The van der Waals surface area contributed by atoms with Gasteiger partial charge in [-0.1, -0.05) is 29.3 Å². The SMILES string of the molecule is CC(C(=O)N1CCN(Cc2ccc(Cl)cc2Cl)CC1)n1nc(C(F)(F)F)c(Br)c1C1CC1. The fourth-order valence-electron chi connectivity index (χ4n) is 4.01.